The maximum absolute atomic E-state index is 12.5. The Morgan fingerprint density at radius 2 is 1.79 bits per heavy atom. The predicted octanol–water partition coefficient (Wildman–Crippen LogP) is -1.17. The Kier molecular flexibility index (Phi) is 8.30. The molecule has 0 atom stereocenters. The van der Waals surface area contributed by atoms with Gasteiger partial charge in [0, 0.05) is 25.6 Å². The van der Waals surface area contributed by atoms with Crippen LogP contribution in [0, 0.1) is 0 Å². The Labute approximate surface area is 151 Å². The predicted molar refractivity (Wildman–Crippen MR) is 75.3 cm³/mol. The molecule has 4 nitrogen and oxygen atoms in total. The first kappa shape index (κ1) is 21.0. The van der Waals surface area contributed by atoms with Gasteiger partial charge in [-0.25, -0.2) is 0 Å². The van der Waals surface area contributed by atoms with Crippen LogP contribution in [0.3, 0.4) is 0 Å². The van der Waals surface area contributed by atoms with Gasteiger partial charge < -0.3 is 19.5 Å². The number of piperidine rings is 1. The van der Waals surface area contributed by atoms with Gasteiger partial charge in [0.05, 0.1) is 18.3 Å². The summed E-state index contributed by atoms with van der Waals surface area (Å²) in [6.45, 7) is 2.27. The van der Waals surface area contributed by atoms with Gasteiger partial charge in [-0.15, -0.1) is 0 Å². The summed E-state index contributed by atoms with van der Waals surface area (Å²) >= 11 is 0. The number of carboxylic acid groups (broad SMARTS) is 1. The average molecular weight is 337 g/mol. The zero-order valence-electron chi connectivity index (χ0n) is 13.6. The summed E-state index contributed by atoms with van der Waals surface area (Å²) in [6, 6.07) is 4.97. The molecule has 1 aromatic carbocycles. The fourth-order valence-corrected chi connectivity index (χ4v) is 2.55. The van der Waals surface area contributed by atoms with Crippen molar-refractivity contribution in [3.05, 3.63) is 35.4 Å². The van der Waals surface area contributed by atoms with Gasteiger partial charge in [-0.05, 0) is 37.0 Å². The minimum Gasteiger partial charge on any atom is -0.550 e. The zero-order chi connectivity index (χ0) is 16.9. The Hall–Kier alpha value is -1.00. The molecule has 0 N–H and O–H groups in total. The molecule has 1 aliphatic heterocycles. The molecule has 0 aromatic heterocycles. The first-order valence-corrected chi connectivity index (χ1v) is 7.54. The molecule has 2 rings (SSSR count). The van der Waals surface area contributed by atoms with Crippen molar-refractivity contribution in [2.75, 3.05) is 19.6 Å². The zero-order valence-corrected chi connectivity index (χ0v) is 13.6. The number of halogens is 3. The number of rotatable bonds is 6. The third kappa shape index (κ3) is 6.86. The number of carboxylic acids is 1. The molecule has 0 saturated carbocycles. The number of benzene rings is 1. The van der Waals surface area contributed by atoms with Crippen LogP contribution in [0.2, 0.25) is 0 Å². The van der Waals surface area contributed by atoms with Gasteiger partial charge in [-0.1, -0.05) is 12.1 Å². The van der Waals surface area contributed by atoms with E-state index in [4.69, 9.17) is 4.74 Å². The van der Waals surface area contributed by atoms with Gasteiger partial charge in [-0.2, -0.15) is 13.2 Å². The summed E-state index contributed by atoms with van der Waals surface area (Å²) in [6.07, 6.45) is -2.67. The van der Waals surface area contributed by atoms with Gasteiger partial charge >= 0.3 is 25.0 Å². The van der Waals surface area contributed by atoms with Crippen LogP contribution in [0.25, 0.3) is 0 Å². The minimum atomic E-state index is -4.32. The molecule has 0 unspecified atom stereocenters. The molecule has 0 amide bonds. The third-order valence-electron chi connectivity index (χ3n) is 3.93. The van der Waals surface area contributed by atoms with E-state index in [0.29, 0.717) is 12.1 Å². The van der Waals surface area contributed by atoms with Crippen molar-refractivity contribution in [1.82, 2.24) is 4.90 Å². The van der Waals surface area contributed by atoms with Crippen molar-refractivity contribution >= 4 is 5.97 Å². The average Bonchev–Trinajstić information content (AvgIpc) is 2.51. The van der Waals surface area contributed by atoms with Crippen molar-refractivity contribution in [3.63, 3.8) is 0 Å². The number of carbonyl (C=O) groups excluding carboxylic acids is 1. The van der Waals surface area contributed by atoms with Crippen LogP contribution >= 0.6 is 0 Å². The molecule has 128 valence electrons. The molecule has 0 radical (unpaired) electrons. The van der Waals surface area contributed by atoms with Crippen molar-refractivity contribution in [2.24, 2.45) is 0 Å². The number of ether oxygens (including phenoxy) is 1. The molecule has 1 heterocycles. The van der Waals surface area contributed by atoms with E-state index < -0.39 is 17.7 Å². The van der Waals surface area contributed by atoms with Gasteiger partial charge in [0.1, 0.15) is 0 Å². The summed E-state index contributed by atoms with van der Waals surface area (Å²) in [5, 5.41) is 10.4. The number of carbonyl (C=O) groups is 1. The topological polar surface area (TPSA) is 52.6 Å². The standard InChI is InChI=1S/C16H20F3NO3.Li/c17-16(18,19)13-3-1-12(2-4-13)11-23-14-5-8-20(9-6-14)10-7-15(21)22;/h1-4,14H,5-11H2,(H,21,22);/q;+1/p-1. The SMILES string of the molecule is O=C([O-])CCN1CCC(OCc2ccc(C(F)(F)F)cc2)CC1.[Li+]. The second kappa shape index (κ2) is 9.47. The molecule has 1 aliphatic rings. The Bertz CT molecular complexity index is 514. The van der Waals surface area contributed by atoms with Crippen LogP contribution in [0.1, 0.15) is 30.4 Å². The molecule has 1 saturated heterocycles. The fourth-order valence-electron chi connectivity index (χ4n) is 2.55. The molecule has 0 spiro atoms. The maximum Gasteiger partial charge on any atom is 1.00 e. The number of aliphatic carboxylic acids is 1. The van der Waals surface area contributed by atoms with Crippen molar-refractivity contribution < 1.29 is 46.7 Å². The van der Waals surface area contributed by atoms with E-state index in [1.807, 2.05) is 4.90 Å². The normalized spacial score (nSPS) is 16.6. The van der Waals surface area contributed by atoms with E-state index >= 15 is 0 Å². The summed E-state index contributed by atoms with van der Waals surface area (Å²) < 4.78 is 43.1. The maximum atomic E-state index is 12.5. The number of nitrogens with zero attached hydrogens (tertiary/aromatic N) is 1. The first-order chi connectivity index (χ1) is 10.8. The van der Waals surface area contributed by atoms with E-state index in [1.54, 1.807) is 0 Å². The molecule has 24 heavy (non-hydrogen) atoms. The van der Waals surface area contributed by atoms with Crippen molar-refractivity contribution in [2.45, 2.75) is 38.1 Å². The van der Waals surface area contributed by atoms with Crippen LogP contribution in [-0.2, 0) is 22.3 Å². The van der Waals surface area contributed by atoms with Crippen molar-refractivity contribution in [1.29, 1.82) is 0 Å². The van der Waals surface area contributed by atoms with E-state index in [2.05, 4.69) is 0 Å². The summed E-state index contributed by atoms with van der Waals surface area (Å²) in [5.41, 5.74) is 0.0415. The minimum absolute atomic E-state index is 0. The van der Waals surface area contributed by atoms with Crippen LogP contribution in [-0.4, -0.2) is 36.6 Å². The van der Waals surface area contributed by atoms with Gasteiger partial charge in [-0.3, -0.25) is 0 Å². The van der Waals surface area contributed by atoms with Crippen LogP contribution in [0.5, 0.6) is 0 Å². The van der Waals surface area contributed by atoms with E-state index in [9.17, 15) is 23.1 Å². The number of hydrogen-bond acceptors (Lipinski definition) is 4. The molecule has 0 aliphatic carbocycles. The third-order valence-corrected chi connectivity index (χ3v) is 3.93. The molecule has 0 bridgehead atoms. The second-order valence-electron chi connectivity index (χ2n) is 5.67. The summed E-state index contributed by atoms with van der Waals surface area (Å²) in [4.78, 5) is 12.5. The summed E-state index contributed by atoms with van der Waals surface area (Å²) in [5.74, 6) is -1.05. The van der Waals surface area contributed by atoms with Crippen LogP contribution in [0.4, 0.5) is 13.2 Å². The Morgan fingerprint density at radius 3 is 2.29 bits per heavy atom. The molecule has 1 fully saturated rings. The van der Waals surface area contributed by atoms with E-state index in [0.717, 1.165) is 38.1 Å². The number of alkyl halides is 3. The Balaban J connectivity index is 0.00000288. The van der Waals surface area contributed by atoms with Gasteiger partial charge in [0.25, 0.3) is 0 Å². The number of likely N-dealkylation sites (tertiary alicyclic amines) is 1. The second-order valence-corrected chi connectivity index (χ2v) is 5.67. The smallest absolute Gasteiger partial charge is 0.550 e. The van der Waals surface area contributed by atoms with Crippen LogP contribution < -0.4 is 24.0 Å². The Morgan fingerprint density at radius 1 is 1.21 bits per heavy atom. The van der Waals surface area contributed by atoms with Gasteiger partial charge in [0.2, 0.25) is 0 Å². The first-order valence-electron chi connectivity index (χ1n) is 7.54. The van der Waals surface area contributed by atoms with E-state index in [1.165, 1.54) is 12.1 Å². The van der Waals surface area contributed by atoms with E-state index in [-0.39, 0.29) is 38.0 Å². The number of hydrogen-bond donors (Lipinski definition) is 0. The van der Waals surface area contributed by atoms with Gasteiger partial charge in [0.15, 0.2) is 0 Å². The van der Waals surface area contributed by atoms with Crippen LogP contribution in [0.15, 0.2) is 24.3 Å². The summed E-state index contributed by atoms with van der Waals surface area (Å²) in [7, 11) is 0. The molecular weight excluding hydrogens is 318 g/mol. The fraction of sp³-hybridized carbons (Fsp3) is 0.562. The monoisotopic (exact) mass is 337 g/mol. The molecular formula is C16H19F3LiNO3. The largest absolute Gasteiger partial charge is 1.00 e. The molecule has 8 heteroatoms. The van der Waals surface area contributed by atoms with Crippen molar-refractivity contribution in [3.8, 4) is 0 Å². The quantitative estimate of drug-likeness (QED) is 0.614. The molecule has 1 aromatic rings.